The molecule has 0 atom stereocenters. The Bertz CT molecular complexity index is 1020. The van der Waals surface area contributed by atoms with E-state index in [0.29, 0.717) is 32.7 Å². The zero-order valence-corrected chi connectivity index (χ0v) is 17.2. The molecule has 0 radical (unpaired) electrons. The highest BCUT2D eigenvalue weighted by molar-refractivity contribution is 7.93. The highest BCUT2D eigenvalue weighted by Crippen LogP contribution is 2.25. The van der Waals surface area contributed by atoms with Crippen molar-refractivity contribution in [3.8, 4) is 0 Å². The molecule has 0 amide bonds. The third-order valence-electron chi connectivity index (χ3n) is 4.76. The third-order valence-corrected chi connectivity index (χ3v) is 8.00. The Hall–Kier alpha value is -1.75. The zero-order valence-electron chi connectivity index (χ0n) is 15.5. The summed E-state index contributed by atoms with van der Waals surface area (Å²) in [4.78, 5) is 1.82. The lowest BCUT2D eigenvalue weighted by atomic mass is 10.2. The van der Waals surface area contributed by atoms with Crippen molar-refractivity contribution in [2.24, 2.45) is 0 Å². The van der Waals surface area contributed by atoms with E-state index in [9.17, 15) is 16.8 Å². The molecule has 10 heteroatoms. The minimum atomic E-state index is -3.88. The lowest BCUT2D eigenvalue weighted by Crippen LogP contribution is -2.48. The maximum Gasteiger partial charge on any atom is 0.244 e. The second-order valence-electron chi connectivity index (χ2n) is 6.70. The van der Waals surface area contributed by atoms with Crippen LogP contribution in [0, 0.1) is 13.8 Å². The van der Waals surface area contributed by atoms with E-state index in [-0.39, 0.29) is 9.79 Å². The average Bonchev–Trinajstić information content (AvgIpc) is 2.93. The summed E-state index contributed by atoms with van der Waals surface area (Å²) < 4.78 is 56.5. The number of benzene rings is 1. The van der Waals surface area contributed by atoms with Crippen LogP contribution in [-0.2, 0) is 26.4 Å². The summed E-state index contributed by atoms with van der Waals surface area (Å²) in [7, 11) is -7.52. The predicted molar refractivity (Wildman–Crippen MR) is 99.6 cm³/mol. The molecule has 1 aromatic carbocycles. The van der Waals surface area contributed by atoms with Crippen molar-refractivity contribution in [2.75, 3.05) is 32.4 Å². The molecule has 3 rings (SSSR count). The number of sulfone groups is 1. The number of hydrogen-bond donors (Lipinski definition) is 0. The molecule has 1 saturated heterocycles. The van der Waals surface area contributed by atoms with Crippen LogP contribution in [0.3, 0.4) is 0 Å². The highest BCUT2D eigenvalue weighted by Gasteiger charge is 2.32. The van der Waals surface area contributed by atoms with Crippen LogP contribution < -0.4 is 0 Å². The third kappa shape index (κ3) is 4.08. The summed E-state index contributed by atoms with van der Waals surface area (Å²) >= 11 is 0. The van der Waals surface area contributed by atoms with Gasteiger partial charge in [0.15, 0.2) is 9.84 Å². The van der Waals surface area contributed by atoms with Crippen LogP contribution in [0.5, 0.6) is 0 Å². The van der Waals surface area contributed by atoms with Crippen molar-refractivity contribution in [1.82, 2.24) is 14.4 Å². The molecular formula is C17H23N3O5S2. The summed E-state index contributed by atoms with van der Waals surface area (Å²) in [6.45, 7) is 6.07. The van der Waals surface area contributed by atoms with Crippen LogP contribution in [0.15, 0.2) is 38.6 Å². The van der Waals surface area contributed by atoms with Gasteiger partial charge in [-0.2, -0.15) is 4.31 Å². The summed E-state index contributed by atoms with van der Waals surface area (Å²) in [5, 5.41) is 3.94. The lowest BCUT2D eigenvalue weighted by molar-refractivity contribution is 0.180. The Morgan fingerprint density at radius 1 is 1.00 bits per heavy atom. The molecule has 0 bridgehead atoms. The van der Waals surface area contributed by atoms with Crippen molar-refractivity contribution >= 4 is 19.9 Å². The van der Waals surface area contributed by atoms with Gasteiger partial charge in [0.1, 0.15) is 10.7 Å². The highest BCUT2D eigenvalue weighted by atomic mass is 32.2. The van der Waals surface area contributed by atoms with E-state index in [2.05, 4.69) is 10.1 Å². The summed E-state index contributed by atoms with van der Waals surface area (Å²) in [6, 6.07) is 5.74. The molecule has 148 valence electrons. The number of sulfonamides is 1. The molecule has 1 aliphatic heterocycles. The first-order valence-electron chi connectivity index (χ1n) is 8.54. The Labute approximate surface area is 159 Å². The lowest BCUT2D eigenvalue weighted by Gasteiger charge is -2.34. The summed E-state index contributed by atoms with van der Waals surface area (Å²) in [5.74, 6) is 0.768. The second kappa shape index (κ2) is 7.34. The summed E-state index contributed by atoms with van der Waals surface area (Å²) in [5.41, 5.74) is 1.86. The first-order valence-corrected chi connectivity index (χ1v) is 11.9. The van der Waals surface area contributed by atoms with Crippen LogP contribution in [0.1, 0.15) is 17.0 Å². The molecule has 0 aliphatic carbocycles. The molecule has 0 N–H and O–H groups in total. The van der Waals surface area contributed by atoms with Crippen LogP contribution >= 0.6 is 0 Å². The van der Waals surface area contributed by atoms with Gasteiger partial charge in [-0.15, -0.1) is 0 Å². The molecule has 0 spiro atoms. The number of rotatable bonds is 5. The van der Waals surface area contributed by atoms with Crippen LogP contribution in [-0.4, -0.2) is 63.6 Å². The molecule has 2 aromatic rings. The van der Waals surface area contributed by atoms with Crippen molar-refractivity contribution in [3.05, 3.63) is 41.3 Å². The maximum atomic E-state index is 13.0. The summed E-state index contributed by atoms with van der Waals surface area (Å²) in [6.07, 6.45) is 1.02. The van der Waals surface area contributed by atoms with Gasteiger partial charge in [-0.05, 0) is 26.0 Å². The van der Waals surface area contributed by atoms with E-state index in [1.165, 1.54) is 28.6 Å². The number of hydrogen-bond acceptors (Lipinski definition) is 7. The first kappa shape index (κ1) is 20.0. The smallest absolute Gasteiger partial charge is 0.244 e. The van der Waals surface area contributed by atoms with E-state index in [4.69, 9.17) is 4.52 Å². The van der Waals surface area contributed by atoms with Gasteiger partial charge >= 0.3 is 0 Å². The standard InChI is InChI=1S/C17H23N3O5S2/c1-13-15(14(2)25-18-13)12-19-8-10-20(11-9-19)27(23,24)17-7-5-4-6-16(17)26(3,21)22/h4-7H,8-12H2,1-3H3. The van der Waals surface area contributed by atoms with E-state index in [1.54, 1.807) is 0 Å². The number of aryl methyl sites for hydroxylation is 2. The van der Waals surface area contributed by atoms with E-state index >= 15 is 0 Å². The quantitative estimate of drug-likeness (QED) is 0.726. The maximum absolute atomic E-state index is 13.0. The Morgan fingerprint density at radius 3 is 2.11 bits per heavy atom. The van der Waals surface area contributed by atoms with E-state index < -0.39 is 19.9 Å². The Morgan fingerprint density at radius 2 is 1.59 bits per heavy atom. The second-order valence-corrected chi connectivity index (χ2v) is 10.6. The fraction of sp³-hybridized carbons (Fsp3) is 0.471. The molecule has 1 aromatic heterocycles. The normalized spacial score (nSPS) is 17.3. The molecule has 0 unspecified atom stereocenters. The van der Waals surface area contributed by atoms with Crippen LogP contribution in [0.25, 0.3) is 0 Å². The van der Waals surface area contributed by atoms with E-state index in [0.717, 1.165) is 23.3 Å². The van der Waals surface area contributed by atoms with Gasteiger partial charge in [-0.1, -0.05) is 17.3 Å². The zero-order chi connectivity index (χ0) is 19.8. The fourth-order valence-electron chi connectivity index (χ4n) is 3.19. The number of aromatic nitrogens is 1. The van der Waals surface area contributed by atoms with Crippen molar-refractivity contribution in [3.63, 3.8) is 0 Å². The minimum absolute atomic E-state index is 0.160. The Balaban J connectivity index is 1.76. The van der Waals surface area contributed by atoms with Crippen LogP contribution in [0.4, 0.5) is 0 Å². The molecule has 2 heterocycles. The molecule has 27 heavy (non-hydrogen) atoms. The fourth-order valence-corrected chi connectivity index (χ4v) is 6.21. The largest absolute Gasteiger partial charge is 0.361 e. The average molecular weight is 414 g/mol. The van der Waals surface area contributed by atoms with Crippen molar-refractivity contribution in [2.45, 2.75) is 30.2 Å². The van der Waals surface area contributed by atoms with Crippen molar-refractivity contribution in [1.29, 1.82) is 0 Å². The number of nitrogens with zero attached hydrogens (tertiary/aromatic N) is 3. The van der Waals surface area contributed by atoms with Crippen LogP contribution in [0.2, 0.25) is 0 Å². The SMILES string of the molecule is Cc1noc(C)c1CN1CCN(S(=O)(=O)c2ccccc2S(C)(=O)=O)CC1. The Kier molecular flexibility index (Phi) is 5.44. The van der Waals surface area contributed by atoms with Gasteiger partial charge in [0.05, 0.1) is 10.6 Å². The van der Waals surface area contributed by atoms with Crippen molar-refractivity contribution < 1.29 is 21.4 Å². The molecular weight excluding hydrogens is 390 g/mol. The van der Waals surface area contributed by atoms with Gasteiger partial charge in [0.2, 0.25) is 10.0 Å². The monoisotopic (exact) mass is 413 g/mol. The van der Waals surface area contributed by atoms with Gasteiger partial charge in [0.25, 0.3) is 0 Å². The predicted octanol–water partition coefficient (Wildman–Crippen LogP) is 1.20. The molecule has 1 fully saturated rings. The minimum Gasteiger partial charge on any atom is -0.361 e. The van der Waals surface area contributed by atoms with Gasteiger partial charge < -0.3 is 4.52 Å². The first-order chi connectivity index (χ1) is 12.6. The molecule has 0 saturated carbocycles. The van der Waals surface area contributed by atoms with E-state index in [1.807, 2.05) is 13.8 Å². The van der Waals surface area contributed by atoms with Gasteiger partial charge in [-0.3, -0.25) is 4.90 Å². The number of piperazine rings is 1. The topological polar surface area (TPSA) is 101 Å². The van der Waals surface area contributed by atoms with Gasteiger partial charge in [0, 0.05) is 44.5 Å². The van der Waals surface area contributed by atoms with Gasteiger partial charge in [-0.25, -0.2) is 16.8 Å². The molecule has 1 aliphatic rings. The molecule has 8 nitrogen and oxygen atoms in total.